The maximum absolute atomic E-state index is 12.1. The van der Waals surface area contributed by atoms with E-state index in [2.05, 4.69) is 15.0 Å². The van der Waals surface area contributed by atoms with E-state index in [4.69, 9.17) is 0 Å². The van der Waals surface area contributed by atoms with Crippen LogP contribution >= 0.6 is 0 Å². The molecule has 0 saturated heterocycles. The maximum atomic E-state index is 12.1. The van der Waals surface area contributed by atoms with E-state index in [9.17, 15) is 8.42 Å². The van der Waals surface area contributed by atoms with Crippen molar-refractivity contribution < 1.29 is 8.42 Å². The third-order valence-corrected chi connectivity index (χ3v) is 4.67. The van der Waals surface area contributed by atoms with Crippen LogP contribution in [0, 0.1) is 5.41 Å². The van der Waals surface area contributed by atoms with Gasteiger partial charge in [-0.3, -0.25) is 0 Å². The topological polar surface area (TPSA) is 71.1 Å². The van der Waals surface area contributed by atoms with Crippen LogP contribution in [0.15, 0.2) is 23.2 Å². The van der Waals surface area contributed by atoms with E-state index in [1.807, 2.05) is 20.8 Å². The summed E-state index contributed by atoms with van der Waals surface area (Å²) in [5, 5.41) is 3.03. The number of anilines is 1. The monoisotopic (exact) mass is 269 g/mol. The van der Waals surface area contributed by atoms with Crippen molar-refractivity contribution in [1.29, 1.82) is 0 Å². The first-order valence-corrected chi connectivity index (χ1v) is 7.56. The fraction of sp³-hybridized carbons (Fsp3) is 0.583. The van der Waals surface area contributed by atoms with Gasteiger partial charge in [0.05, 0.1) is 0 Å². The minimum absolute atomic E-state index is 0.0379. The van der Waals surface area contributed by atoms with Gasteiger partial charge in [0.15, 0.2) is 0 Å². The lowest BCUT2D eigenvalue weighted by atomic mass is 10.2. The van der Waals surface area contributed by atoms with Gasteiger partial charge in [0.25, 0.3) is 0 Å². The molecule has 0 aromatic carbocycles. The highest BCUT2D eigenvalue weighted by Crippen LogP contribution is 2.45. The lowest BCUT2D eigenvalue weighted by molar-refractivity contribution is 0.554. The van der Waals surface area contributed by atoms with Crippen LogP contribution in [0.2, 0.25) is 0 Å². The van der Waals surface area contributed by atoms with Gasteiger partial charge in [0.1, 0.15) is 10.7 Å². The van der Waals surface area contributed by atoms with Crippen molar-refractivity contribution in [1.82, 2.24) is 9.71 Å². The van der Waals surface area contributed by atoms with Gasteiger partial charge in [0.2, 0.25) is 10.0 Å². The first-order valence-electron chi connectivity index (χ1n) is 6.07. The van der Waals surface area contributed by atoms with Gasteiger partial charge in [-0.15, -0.1) is 0 Å². The molecule has 18 heavy (non-hydrogen) atoms. The number of aromatic nitrogens is 1. The van der Waals surface area contributed by atoms with Crippen LogP contribution in [0.3, 0.4) is 0 Å². The van der Waals surface area contributed by atoms with Crippen molar-refractivity contribution in [3.05, 3.63) is 18.3 Å². The molecule has 5 nitrogen and oxygen atoms in total. The number of pyridine rings is 1. The van der Waals surface area contributed by atoms with Gasteiger partial charge in [-0.1, -0.05) is 13.8 Å². The molecule has 1 aliphatic carbocycles. The average molecular weight is 269 g/mol. The van der Waals surface area contributed by atoms with Crippen molar-refractivity contribution in [2.24, 2.45) is 5.41 Å². The van der Waals surface area contributed by atoms with E-state index in [1.54, 1.807) is 12.1 Å². The molecule has 1 aromatic rings. The highest BCUT2D eigenvalue weighted by molar-refractivity contribution is 7.89. The molecule has 0 amide bonds. The van der Waals surface area contributed by atoms with Crippen molar-refractivity contribution in [3.63, 3.8) is 0 Å². The standard InChI is InChI=1S/C12H19N3O2S/c1-4-13-11-6-5-9(8-14-11)18(16,17)15-10-7-12(10,2)3/h5-6,8,10,15H,4,7H2,1-3H3,(H,13,14). The summed E-state index contributed by atoms with van der Waals surface area (Å²) in [6, 6.07) is 3.29. The summed E-state index contributed by atoms with van der Waals surface area (Å²) in [7, 11) is -3.44. The molecule has 6 heteroatoms. The van der Waals surface area contributed by atoms with Crippen molar-refractivity contribution in [2.45, 2.75) is 38.1 Å². The third kappa shape index (κ3) is 2.81. The second kappa shape index (κ2) is 4.51. The van der Waals surface area contributed by atoms with Crippen LogP contribution in [-0.4, -0.2) is 26.0 Å². The molecule has 1 unspecified atom stereocenters. The maximum Gasteiger partial charge on any atom is 0.242 e. The molecular weight excluding hydrogens is 250 g/mol. The fourth-order valence-corrected chi connectivity index (χ4v) is 3.10. The Hall–Kier alpha value is -1.14. The Kier molecular flexibility index (Phi) is 3.33. The van der Waals surface area contributed by atoms with Crippen LogP contribution in [0.4, 0.5) is 5.82 Å². The summed E-state index contributed by atoms with van der Waals surface area (Å²) >= 11 is 0. The first kappa shape index (κ1) is 13.3. The quantitative estimate of drug-likeness (QED) is 0.851. The van der Waals surface area contributed by atoms with E-state index in [-0.39, 0.29) is 16.4 Å². The normalized spacial score (nSPS) is 21.6. The molecule has 2 N–H and O–H groups in total. The smallest absolute Gasteiger partial charge is 0.242 e. The highest BCUT2D eigenvalue weighted by Gasteiger charge is 2.47. The lowest BCUT2D eigenvalue weighted by Gasteiger charge is -2.08. The summed E-state index contributed by atoms with van der Waals surface area (Å²) in [6.07, 6.45) is 2.27. The second-order valence-electron chi connectivity index (χ2n) is 5.28. The van der Waals surface area contributed by atoms with Crippen LogP contribution in [0.25, 0.3) is 0 Å². The third-order valence-electron chi connectivity index (χ3n) is 3.22. The fourth-order valence-electron chi connectivity index (χ4n) is 1.75. The van der Waals surface area contributed by atoms with Gasteiger partial charge in [0, 0.05) is 18.8 Å². The Morgan fingerprint density at radius 1 is 1.44 bits per heavy atom. The molecule has 0 radical (unpaired) electrons. The van der Waals surface area contributed by atoms with E-state index >= 15 is 0 Å². The summed E-state index contributed by atoms with van der Waals surface area (Å²) in [5.74, 6) is 0.684. The first-order chi connectivity index (χ1) is 8.35. The Balaban J connectivity index is 2.10. The van der Waals surface area contributed by atoms with Crippen molar-refractivity contribution >= 4 is 15.8 Å². The van der Waals surface area contributed by atoms with Gasteiger partial charge in [-0.2, -0.15) is 0 Å². The Bertz CT molecular complexity index is 523. The van der Waals surface area contributed by atoms with Crippen LogP contribution in [0.1, 0.15) is 27.2 Å². The molecule has 0 aliphatic heterocycles. The molecule has 0 spiro atoms. The molecule has 100 valence electrons. The number of hydrogen-bond donors (Lipinski definition) is 2. The van der Waals surface area contributed by atoms with E-state index in [0.29, 0.717) is 5.82 Å². The average Bonchev–Trinajstić information content (AvgIpc) is 2.86. The van der Waals surface area contributed by atoms with Gasteiger partial charge in [-0.05, 0) is 30.9 Å². The van der Waals surface area contributed by atoms with Crippen LogP contribution < -0.4 is 10.0 Å². The molecule has 1 aliphatic rings. The lowest BCUT2D eigenvalue weighted by Crippen LogP contribution is -2.28. The number of nitrogens with one attached hydrogen (secondary N) is 2. The summed E-state index contributed by atoms with van der Waals surface area (Å²) in [4.78, 5) is 4.28. The molecule has 2 rings (SSSR count). The molecular formula is C12H19N3O2S. The van der Waals surface area contributed by atoms with Crippen molar-refractivity contribution in [2.75, 3.05) is 11.9 Å². The van der Waals surface area contributed by atoms with E-state index in [1.165, 1.54) is 6.20 Å². The summed E-state index contributed by atoms with van der Waals surface area (Å²) in [5.41, 5.74) is 0.0736. The minimum atomic E-state index is -3.44. The number of rotatable bonds is 5. The Labute approximate surface area is 108 Å². The molecule has 1 saturated carbocycles. The van der Waals surface area contributed by atoms with E-state index in [0.717, 1.165) is 13.0 Å². The minimum Gasteiger partial charge on any atom is -0.370 e. The number of sulfonamides is 1. The molecule has 1 heterocycles. The van der Waals surface area contributed by atoms with Gasteiger partial charge >= 0.3 is 0 Å². The largest absolute Gasteiger partial charge is 0.370 e. The highest BCUT2D eigenvalue weighted by atomic mass is 32.2. The predicted molar refractivity (Wildman–Crippen MR) is 70.9 cm³/mol. The zero-order valence-electron chi connectivity index (χ0n) is 10.9. The van der Waals surface area contributed by atoms with Gasteiger partial charge < -0.3 is 5.32 Å². The van der Waals surface area contributed by atoms with Gasteiger partial charge in [-0.25, -0.2) is 18.1 Å². The van der Waals surface area contributed by atoms with Crippen LogP contribution in [0.5, 0.6) is 0 Å². The SMILES string of the molecule is CCNc1ccc(S(=O)(=O)NC2CC2(C)C)cn1. The summed E-state index contributed by atoms with van der Waals surface area (Å²) < 4.78 is 26.8. The molecule has 1 fully saturated rings. The van der Waals surface area contributed by atoms with Crippen molar-refractivity contribution in [3.8, 4) is 0 Å². The van der Waals surface area contributed by atoms with Crippen LogP contribution in [-0.2, 0) is 10.0 Å². The predicted octanol–water partition coefficient (Wildman–Crippen LogP) is 1.59. The Morgan fingerprint density at radius 2 is 2.11 bits per heavy atom. The molecule has 1 aromatic heterocycles. The summed E-state index contributed by atoms with van der Waals surface area (Å²) in [6.45, 7) is 6.82. The Morgan fingerprint density at radius 3 is 2.56 bits per heavy atom. The second-order valence-corrected chi connectivity index (χ2v) is 6.99. The van der Waals surface area contributed by atoms with E-state index < -0.39 is 10.0 Å². The molecule has 0 bridgehead atoms. The number of nitrogens with zero attached hydrogens (tertiary/aromatic N) is 1. The molecule has 1 atom stereocenters. The number of hydrogen-bond acceptors (Lipinski definition) is 4. The zero-order valence-corrected chi connectivity index (χ0v) is 11.7. The zero-order chi connectivity index (χ0) is 13.4.